The third kappa shape index (κ3) is 2.48. The summed E-state index contributed by atoms with van der Waals surface area (Å²) in [4.78, 5) is 0. The van der Waals surface area contributed by atoms with Crippen LogP contribution in [0.3, 0.4) is 0 Å². The van der Waals surface area contributed by atoms with Gasteiger partial charge in [0.1, 0.15) is 5.75 Å². The molecule has 0 unspecified atom stereocenters. The first-order chi connectivity index (χ1) is 6.54. The minimum atomic E-state index is 0.210. The van der Waals surface area contributed by atoms with Crippen molar-refractivity contribution in [2.45, 2.75) is 33.2 Å². The molecular formula is C12H19NO. The highest BCUT2D eigenvalue weighted by Crippen LogP contribution is 2.24. The van der Waals surface area contributed by atoms with Crippen LogP contribution in [0, 0.1) is 13.8 Å². The standard InChI is InChI=1S/C12H19NO/c1-8-5-11(7-10(3)13)6-9(2)12(8)14-4/h5-6,10H,7,13H2,1-4H3/t10-/m1/s1. The first-order valence-electron chi connectivity index (χ1n) is 4.94. The van der Waals surface area contributed by atoms with Gasteiger partial charge in [-0.05, 0) is 43.9 Å². The van der Waals surface area contributed by atoms with Gasteiger partial charge < -0.3 is 10.5 Å². The van der Waals surface area contributed by atoms with Gasteiger partial charge in [-0.3, -0.25) is 0 Å². The fourth-order valence-electron chi connectivity index (χ4n) is 1.85. The second-order valence-electron chi connectivity index (χ2n) is 3.94. The van der Waals surface area contributed by atoms with Gasteiger partial charge in [0, 0.05) is 6.04 Å². The van der Waals surface area contributed by atoms with Gasteiger partial charge in [-0.15, -0.1) is 0 Å². The molecule has 0 bridgehead atoms. The number of benzene rings is 1. The van der Waals surface area contributed by atoms with Gasteiger partial charge in [-0.2, -0.15) is 0 Å². The minimum absolute atomic E-state index is 0.210. The van der Waals surface area contributed by atoms with Crippen LogP contribution in [-0.4, -0.2) is 13.2 Å². The molecule has 0 radical (unpaired) electrons. The molecule has 1 rings (SSSR count). The first kappa shape index (κ1) is 11.1. The molecule has 2 N–H and O–H groups in total. The second-order valence-corrected chi connectivity index (χ2v) is 3.94. The van der Waals surface area contributed by atoms with E-state index in [4.69, 9.17) is 10.5 Å². The zero-order valence-corrected chi connectivity index (χ0v) is 9.42. The SMILES string of the molecule is COc1c(C)cc(C[C@@H](C)N)cc1C. The predicted molar refractivity (Wildman–Crippen MR) is 59.8 cm³/mol. The summed E-state index contributed by atoms with van der Waals surface area (Å²) in [5.74, 6) is 0.985. The molecule has 14 heavy (non-hydrogen) atoms. The van der Waals surface area contributed by atoms with Gasteiger partial charge in [0.2, 0.25) is 0 Å². The fourth-order valence-corrected chi connectivity index (χ4v) is 1.85. The fraction of sp³-hybridized carbons (Fsp3) is 0.500. The molecule has 1 aromatic carbocycles. The van der Waals surface area contributed by atoms with Crippen molar-refractivity contribution in [2.75, 3.05) is 7.11 Å². The maximum Gasteiger partial charge on any atom is 0.124 e. The lowest BCUT2D eigenvalue weighted by Gasteiger charge is -2.12. The molecule has 0 heterocycles. The number of hydrogen-bond acceptors (Lipinski definition) is 2. The normalized spacial score (nSPS) is 12.6. The molecule has 0 aliphatic heterocycles. The summed E-state index contributed by atoms with van der Waals surface area (Å²) in [6.07, 6.45) is 0.922. The van der Waals surface area contributed by atoms with E-state index >= 15 is 0 Å². The summed E-state index contributed by atoms with van der Waals surface area (Å²) in [6.45, 7) is 6.15. The molecule has 1 atom stereocenters. The Morgan fingerprint density at radius 3 is 2.14 bits per heavy atom. The van der Waals surface area contributed by atoms with E-state index in [-0.39, 0.29) is 6.04 Å². The van der Waals surface area contributed by atoms with E-state index in [1.165, 1.54) is 16.7 Å². The zero-order valence-electron chi connectivity index (χ0n) is 9.42. The molecular weight excluding hydrogens is 174 g/mol. The molecule has 0 fully saturated rings. The van der Waals surface area contributed by atoms with Crippen molar-refractivity contribution < 1.29 is 4.74 Å². The molecule has 0 saturated carbocycles. The van der Waals surface area contributed by atoms with Crippen LogP contribution in [0.15, 0.2) is 12.1 Å². The quantitative estimate of drug-likeness (QED) is 0.798. The third-order valence-corrected chi connectivity index (χ3v) is 2.28. The molecule has 0 spiro atoms. The van der Waals surface area contributed by atoms with Gasteiger partial charge in [-0.25, -0.2) is 0 Å². The van der Waals surface area contributed by atoms with Crippen LogP contribution in [0.1, 0.15) is 23.6 Å². The number of aryl methyl sites for hydroxylation is 2. The van der Waals surface area contributed by atoms with Crippen molar-refractivity contribution in [3.8, 4) is 5.75 Å². The Balaban J connectivity index is 3.01. The lowest BCUT2D eigenvalue weighted by Crippen LogP contribution is -2.17. The minimum Gasteiger partial charge on any atom is -0.496 e. The summed E-state index contributed by atoms with van der Waals surface area (Å²) in [5.41, 5.74) is 9.42. The van der Waals surface area contributed by atoms with E-state index in [1.807, 2.05) is 6.92 Å². The summed E-state index contributed by atoms with van der Waals surface area (Å²) in [7, 11) is 1.71. The Hall–Kier alpha value is -1.02. The van der Waals surface area contributed by atoms with Gasteiger partial charge in [0.05, 0.1) is 7.11 Å². The number of rotatable bonds is 3. The van der Waals surface area contributed by atoms with E-state index in [0.717, 1.165) is 12.2 Å². The van der Waals surface area contributed by atoms with Gasteiger partial charge in [0.15, 0.2) is 0 Å². The Kier molecular flexibility index (Phi) is 3.53. The largest absolute Gasteiger partial charge is 0.496 e. The topological polar surface area (TPSA) is 35.2 Å². The van der Waals surface area contributed by atoms with Crippen LogP contribution >= 0.6 is 0 Å². The van der Waals surface area contributed by atoms with Gasteiger partial charge in [0.25, 0.3) is 0 Å². The summed E-state index contributed by atoms with van der Waals surface area (Å²) in [5, 5.41) is 0. The van der Waals surface area contributed by atoms with Gasteiger partial charge in [-0.1, -0.05) is 12.1 Å². The molecule has 78 valence electrons. The highest BCUT2D eigenvalue weighted by molar-refractivity contribution is 5.43. The second kappa shape index (κ2) is 4.47. The lowest BCUT2D eigenvalue weighted by molar-refractivity contribution is 0.408. The molecule has 1 aromatic rings. The number of methoxy groups -OCH3 is 1. The van der Waals surface area contributed by atoms with E-state index < -0.39 is 0 Å². The van der Waals surface area contributed by atoms with Crippen LogP contribution in [-0.2, 0) is 6.42 Å². The molecule has 0 aliphatic carbocycles. The Bertz CT molecular complexity index is 295. The van der Waals surface area contributed by atoms with Crippen LogP contribution in [0.2, 0.25) is 0 Å². The van der Waals surface area contributed by atoms with Crippen LogP contribution in [0.5, 0.6) is 5.75 Å². The molecule has 2 heteroatoms. The molecule has 0 aromatic heterocycles. The van der Waals surface area contributed by atoms with Crippen molar-refractivity contribution in [3.63, 3.8) is 0 Å². The predicted octanol–water partition coefficient (Wildman–Crippen LogP) is 2.20. The maximum absolute atomic E-state index is 5.76. The van der Waals surface area contributed by atoms with E-state index in [1.54, 1.807) is 7.11 Å². The van der Waals surface area contributed by atoms with Crippen molar-refractivity contribution in [2.24, 2.45) is 5.73 Å². The van der Waals surface area contributed by atoms with Crippen molar-refractivity contribution in [1.82, 2.24) is 0 Å². The molecule has 0 saturated heterocycles. The third-order valence-electron chi connectivity index (χ3n) is 2.28. The smallest absolute Gasteiger partial charge is 0.124 e. The van der Waals surface area contributed by atoms with Crippen molar-refractivity contribution in [3.05, 3.63) is 28.8 Å². The van der Waals surface area contributed by atoms with Crippen LogP contribution in [0.25, 0.3) is 0 Å². The molecule has 2 nitrogen and oxygen atoms in total. The van der Waals surface area contributed by atoms with E-state index in [9.17, 15) is 0 Å². The van der Waals surface area contributed by atoms with Gasteiger partial charge >= 0.3 is 0 Å². The molecule has 0 aliphatic rings. The van der Waals surface area contributed by atoms with Crippen LogP contribution < -0.4 is 10.5 Å². The average molecular weight is 193 g/mol. The Morgan fingerprint density at radius 2 is 1.79 bits per heavy atom. The zero-order chi connectivity index (χ0) is 10.7. The highest BCUT2D eigenvalue weighted by Gasteiger charge is 2.06. The highest BCUT2D eigenvalue weighted by atomic mass is 16.5. The first-order valence-corrected chi connectivity index (χ1v) is 4.94. The Labute approximate surface area is 86.1 Å². The summed E-state index contributed by atoms with van der Waals surface area (Å²) < 4.78 is 5.30. The number of nitrogens with two attached hydrogens (primary N) is 1. The van der Waals surface area contributed by atoms with E-state index in [0.29, 0.717) is 0 Å². The lowest BCUT2D eigenvalue weighted by atomic mass is 10.0. The summed E-state index contributed by atoms with van der Waals surface area (Å²) >= 11 is 0. The maximum atomic E-state index is 5.76. The average Bonchev–Trinajstić information content (AvgIpc) is 2.01. The number of hydrogen-bond donors (Lipinski definition) is 1. The number of ether oxygens (including phenoxy) is 1. The Morgan fingerprint density at radius 1 is 1.29 bits per heavy atom. The monoisotopic (exact) mass is 193 g/mol. The van der Waals surface area contributed by atoms with E-state index in [2.05, 4.69) is 26.0 Å². The van der Waals surface area contributed by atoms with Crippen LogP contribution in [0.4, 0.5) is 0 Å². The molecule has 0 amide bonds. The van der Waals surface area contributed by atoms with Crippen molar-refractivity contribution in [1.29, 1.82) is 0 Å². The van der Waals surface area contributed by atoms with Crippen molar-refractivity contribution >= 4 is 0 Å². The summed E-state index contributed by atoms with van der Waals surface area (Å²) in [6, 6.07) is 4.51.